The van der Waals surface area contributed by atoms with Crippen molar-refractivity contribution in [1.82, 2.24) is 10.3 Å². The Labute approximate surface area is 181 Å². The van der Waals surface area contributed by atoms with Gasteiger partial charge >= 0.3 is 0 Å². The number of benzene rings is 2. The van der Waals surface area contributed by atoms with E-state index in [0.717, 1.165) is 5.56 Å². The first kappa shape index (κ1) is 20.9. The quantitative estimate of drug-likeness (QED) is 0.533. The normalized spacial score (nSPS) is 13.4. The van der Waals surface area contributed by atoms with Crippen LogP contribution in [-0.4, -0.2) is 25.9 Å². The maximum Gasteiger partial charge on any atom is 0.261 e. The summed E-state index contributed by atoms with van der Waals surface area (Å²) in [6.07, 6.45) is 4.12. The summed E-state index contributed by atoms with van der Waals surface area (Å²) < 4.78 is 33.1. The standard InChI is InChI=1S/C23H23N3O4S/c27-23(25-15-18-11-12-22(24-14-18)30-16-17-9-10-17)19-5-4-6-20(13-19)26-31(28,29)21-7-2-1-3-8-21/h1-8,11-14,17,26H,9-10,15-16H2,(H,25,27). The molecule has 4 rings (SSSR count). The maximum absolute atomic E-state index is 12.5. The van der Waals surface area contributed by atoms with E-state index in [1.54, 1.807) is 48.7 Å². The van der Waals surface area contributed by atoms with E-state index in [2.05, 4.69) is 15.0 Å². The van der Waals surface area contributed by atoms with Crippen LogP contribution in [0.5, 0.6) is 5.88 Å². The number of sulfonamides is 1. The number of carbonyl (C=O) groups excluding carboxylic acids is 1. The third-order valence-electron chi connectivity index (χ3n) is 4.84. The van der Waals surface area contributed by atoms with Crippen molar-refractivity contribution in [2.75, 3.05) is 11.3 Å². The third kappa shape index (κ3) is 5.82. The SMILES string of the molecule is O=C(NCc1ccc(OCC2CC2)nc1)c1cccc(NS(=O)(=O)c2ccccc2)c1. The fraction of sp³-hybridized carbons (Fsp3) is 0.217. The number of amides is 1. The van der Waals surface area contributed by atoms with Crippen LogP contribution in [0.25, 0.3) is 0 Å². The predicted molar refractivity (Wildman–Crippen MR) is 117 cm³/mol. The van der Waals surface area contributed by atoms with Crippen LogP contribution in [0.15, 0.2) is 77.8 Å². The number of hydrogen-bond donors (Lipinski definition) is 2. The van der Waals surface area contributed by atoms with Gasteiger partial charge in [0.15, 0.2) is 0 Å². The molecule has 3 aromatic rings. The highest BCUT2D eigenvalue weighted by Gasteiger charge is 2.22. The van der Waals surface area contributed by atoms with Gasteiger partial charge in [-0.2, -0.15) is 0 Å². The number of aromatic nitrogens is 1. The Morgan fingerprint density at radius 2 is 1.84 bits per heavy atom. The van der Waals surface area contributed by atoms with E-state index >= 15 is 0 Å². The molecular weight excluding hydrogens is 414 g/mol. The first-order chi connectivity index (χ1) is 15.0. The molecule has 1 aliphatic rings. The van der Waals surface area contributed by atoms with Gasteiger partial charge in [-0.3, -0.25) is 9.52 Å². The van der Waals surface area contributed by atoms with E-state index in [0.29, 0.717) is 36.2 Å². The molecule has 1 fully saturated rings. The summed E-state index contributed by atoms with van der Waals surface area (Å²) in [5.74, 6) is 0.934. The zero-order valence-electron chi connectivity index (χ0n) is 16.8. The zero-order chi connectivity index (χ0) is 21.7. The van der Waals surface area contributed by atoms with Crippen molar-refractivity contribution in [1.29, 1.82) is 0 Å². The number of ether oxygens (including phenoxy) is 1. The van der Waals surface area contributed by atoms with Crippen molar-refractivity contribution in [3.63, 3.8) is 0 Å². The maximum atomic E-state index is 12.5. The molecule has 2 N–H and O–H groups in total. The molecule has 160 valence electrons. The summed E-state index contributed by atoms with van der Waals surface area (Å²) >= 11 is 0. The van der Waals surface area contributed by atoms with Crippen molar-refractivity contribution >= 4 is 21.6 Å². The van der Waals surface area contributed by atoms with E-state index in [4.69, 9.17) is 4.74 Å². The van der Waals surface area contributed by atoms with Gasteiger partial charge in [-0.15, -0.1) is 0 Å². The number of hydrogen-bond acceptors (Lipinski definition) is 5. The minimum absolute atomic E-state index is 0.155. The second-order valence-electron chi connectivity index (χ2n) is 7.44. The average molecular weight is 438 g/mol. The summed E-state index contributed by atoms with van der Waals surface area (Å²) in [5, 5.41) is 2.82. The molecule has 0 spiro atoms. The smallest absolute Gasteiger partial charge is 0.261 e. The van der Waals surface area contributed by atoms with E-state index in [1.165, 1.54) is 31.0 Å². The van der Waals surface area contributed by atoms with Crippen molar-refractivity contribution in [2.24, 2.45) is 5.92 Å². The van der Waals surface area contributed by atoms with Gasteiger partial charge in [0.2, 0.25) is 5.88 Å². The third-order valence-corrected chi connectivity index (χ3v) is 6.24. The number of anilines is 1. The van der Waals surface area contributed by atoms with Gasteiger partial charge in [-0.25, -0.2) is 13.4 Å². The van der Waals surface area contributed by atoms with Gasteiger partial charge in [0.25, 0.3) is 15.9 Å². The second-order valence-corrected chi connectivity index (χ2v) is 9.12. The molecule has 8 heteroatoms. The summed E-state index contributed by atoms with van der Waals surface area (Å²) in [4.78, 5) is 16.9. The van der Waals surface area contributed by atoms with Gasteiger partial charge in [-0.05, 0) is 54.7 Å². The lowest BCUT2D eigenvalue weighted by Gasteiger charge is -2.10. The lowest BCUT2D eigenvalue weighted by Crippen LogP contribution is -2.23. The molecule has 7 nitrogen and oxygen atoms in total. The van der Waals surface area contributed by atoms with Crippen LogP contribution >= 0.6 is 0 Å². The van der Waals surface area contributed by atoms with Crippen LogP contribution in [0.3, 0.4) is 0 Å². The average Bonchev–Trinajstić information content (AvgIpc) is 3.62. The summed E-state index contributed by atoms with van der Waals surface area (Å²) in [7, 11) is -3.72. The molecule has 2 aromatic carbocycles. The Balaban J connectivity index is 1.34. The Hall–Kier alpha value is -3.39. The molecule has 1 aromatic heterocycles. The van der Waals surface area contributed by atoms with Gasteiger partial charge in [0.05, 0.1) is 11.5 Å². The topological polar surface area (TPSA) is 97.4 Å². The van der Waals surface area contributed by atoms with Crippen LogP contribution < -0.4 is 14.8 Å². The van der Waals surface area contributed by atoms with Gasteiger partial charge < -0.3 is 10.1 Å². The molecule has 1 heterocycles. The highest BCUT2D eigenvalue weighted by molar-refractivity contribution is 7.92. The Morgan fingerprint density at radius 3 is 2.55 bits per heavy atom. The molecule has 0 unspecified atom stereocenters. The van der Waals surface area contributed by atoms with E-state index < -0.39 is 10.0 Å². The van der Waals surface area contributed by atoms with Crippen LogP contribution in [0, 0.1) is 5.92 Å². The molecule has 0 aliphatic heterocycles. The minimum atomic E-state index is -3.72. The van der Waals surface area contributed by atoms with Crippen molar-refractivity contribution < 1.29 is 17.9 Å². The highest BCUT2D eigenvalue weighted by atomic mass is 32.2. The second kappa shape index (κ2) is 9.18. The van der Waals surface area contributed by atoms with Gasteiger partial charge in [0, 0.05) is 30.1 Å². The molecular formula is C23H23N3O4S. The van der Waals surface area contributed by atoms with Crippen molar-refractivity contribution in [2.45, 2.75) is 24.3 Å². The summed E-state index contributed by atoms with van der Waals surface area (Å²) in [6.45, 7) is 1.00. The van der Waals surface area contributed by atoms with Crippen molar-refractivity contribution in [3.8, 4) is 5.88 Å². The minimum Gasteiger partial charge on any atom is -0.477 e. The molecule has 0 bridgehead atoms. The first-order valence-corrected chi connectivity index (χ1v) is 11.5. The Kier molecular flexibility index (Phi) is 6.18. The van der Waals surface area contributed by atoms with E-state index in [-0.39, 0.29) is 10.8 Å². The van der Waals surface area contributed by atoms with Gasteiger partial charge in [0.1, 0.15) is 0 Å². The number of carbonyl (C=O) groups is 1. The largest absolute Gasteiger partial charge is 0.477 e. The lowest BCUT2D eigenvalue weighted by molar-refractivity contribution is 0.0951. The molecule has 1 aliphatic carbocycles. The summed E-state index contributed by atoms with van der Waals surface area (Å²) in [6, 6.07) is 18.1. The molecule has 0 atom stereocenters. The summed E-state index contributed by atoms with van der Waals surface area (Å²) in [5.41, 5.74) is 1.51. The van der Waals surface area contributed by atoms with Crippen molar-refractivity contribution in [3.05, 3.63) is 84.1 Å². The number of nitrogens with one attached hydrogen (secondary N) is 2. The number of pyridine rings is 1. The van der Waals surface area contributed by atoms with Crippen LogP contribution in [0.2, 0.25) is 0 Å². The molecule has 0 saturated heterocycles. The fourth-order valence-corrected chi connectivity index (χ4v) is 3.98. The monoisotopic (exact) mass is 437 g/mol. The number of rotatable bonds is 9. The lowest BCUT2D eigenvalue weighted by atomic mass is 10.2. The van der Waals surface area contributed by atoms with Gasteiger partial charge in [-0.1, -0.05) is 30.3 Å². The molecule has 1 saturated carbocycles. The first-order valence-electron chi connectivity index (χ1n) is 10.0. The molecule has 31 heavy (non-hydrogen) atoms. The Morgan fingerprint density at radius 1 is 1.03 bits per heavy atom. The highest BCUT2D eigenvalue weighted by Crippen LogP contribution is 2.29. The molecule has 0 radical (unpaired) electrons. The van der Waals surface area contributed by atoms with Crippen LogP contribution in [0.1, 0.15) is 28.8 Å². The van der Waals surface area contributed by atoms with Crippen LogP contribution in [-0.2, 0) is 16.6 Å². The van der Waals surface area contributed by atoms with E-state index in [9.17, 15) is 13.2 Å². The van der Waals surface area contributed by atoms with E-state index in [1.807, 2.05) is 6.07 Å². The van der Waals surface area contributed by atoms with Crippen LogP contribution in [0.4, 0.5) is 5.69 Å². The Bertz CT molecular complexity index is 1140. The fourth-order valence-electron chi connectivity index (χ4n) is 2.91. The number of nitrogens with zero attached hydrogens (tertiary/aromatic N) is 1. The zero-order valence-corrected chi connectivity index (χ0v) is 17.6. The molecule has 1 amide bonds. The predicted octanol–water partition coefficient (Wildman–Crippen LogP) is 3.60.